The van der Waals surface area contributed by atoms with Crippen LogP contribution in [0.3, 0.4) is 0 Å². The van der Waals surface area contributed by atoms with Crippen molar-refractivity contribution >= 4 is 12.0 Å². The Balaban J connectivity index is 2.53. The van der Waals surface area contributed by atoms with Crippen LogP contribution in [0.15, 0.2) is 0 Å². The van der Waals surface area contributed by atoms with Crippen LogP contribution in [0.1, 0.15) is 20.3 Å². The van der Waals surface area contributed by atoms with Gasteiger partial charge in [0.15, 0.2) is 0 Å². The number of hydrogen-bond acceptors (Lipinski definition) is 4. The molecule has 1 aliphatic rings. The third kappa shape index (κ3) is 5.04. The fourth-order valence-corrected chi connectivity index (χ4v) is 1.95. The fraction of sp³-hybridized carbons (Fsp3) is 0.833. The number of ether oxygens (including phenoxy) is 1. The highest BCUT2D eigenvalue weighted by molar-refractivity contribution is 5.82. The maximum Gasteiger partial charge on any atom is 0.326 e. The Morgan fingerprint density at radius 2 is 2.16 bits per heavy atom. The van der Waals surface area contributed by atoms with Crippen molar-refractivity contribution in [1.82, 2.24) is 10.2 Å². The van der Waals surface area contributed by atoms with Crippen molar-refractivity contribution in [3.8, 4) is 0 Å². The SMILES string of the molecule is CC(C)CC(NC(=O)N1CCOC(CO)C1)C(=O)O. The molecule has 1 aliphatic heterocycles. The number of carboxylic acid groups (broad SMARTS) is 1. The number of aliphatic hydroxyl groups is 1. The quantitative estimate of drug-likeness (QED) is 0.649. The van der Waals surface area contributed by atoms with Gasteiger partial charge in [-0.15, -0.1) is 0 Å². The molecule has 1 saturated heterocycles. The van der Waals surface area contributed by atoms with Gasteiger partial charge in [0.2, 0.25) is 0 Å². The van der Waals surface area contributed by atoms with E-state index in [9.17, 15) is 9.59 Å². The smallest absolute Gasteiger partial charge is 0.326 e. The fourth-order valence-electron chi connectivity index (χ4n) is 1.95. The van der Waals surface area contributed by atoms with Crippen LogP contribution < -0.4 is 5.32 Å². The third-order valence-corrected chi connectivity index (χ3v) is 2.93. The normalized spacial score (nSPS) is 21.3. The van der Waals surface area contributed by atoms with Crippen molar-refractivity contribution in [2.45, 2.75) is 32.4 Å². The third-order valence-electron chi connectivity index (χ3n) is 2.93. The predicted octanol–water partition coefficient (Wildman–Crippen LogP) is -0.112. The summed E-state index contributed by atoms with van der Waals surface area (Å²) in [5.41, 5.74) is 0. The summed E-state index contributed by atoms with van der Waals surface area (Å²) in [6.45, 7) is 4.67. The zero-order valence-corrected chi connectivity index (χ0v) is 11.3. The van der Waals surface area contributed by atoms with Crippen molar-refractivity contribution in [2.24, 2.45) is 5.92 Å². The number of amides is 2. The Morgan fingerprint density at radius 1 is 1.47 bits per heavy atom. The topological polar surface area (TPSA) is 99.1 Å². The summed E-state index contributed by atoms with van der Waals surface area (Å²) in [5, 5.41) is 20.6. The number of morpholine rings is 1. The minimum absolute atomic E-state index is 0.155. The van der Waals surface area contributed by atoms with Crippen molar-refractivity contribution in [2.75, 3.05) is 26.3 Å². The van der Waals surface area contributed by atoms with Crippen LogP contribution in [0, 0.1) is 5.92 Å². The van der Waals surface area contributed by atoms with Crippen LogP contribution in [0.4, 0.5) is 4.79 Å². The summed E-state index contributed by atoms with van der Waals surface area (Å²) in [4.78, 5) is 24.5. The van der Waals surface area contributed by atoms with E-state index >= 15 is 0 Å². The van der Waals surface area contributed by atoms with Crippen LogP contribution >= 0.6 is 0 Å². The van der Waals surface area contributed by atoms with Gasteiger partial charge in [-0.3, -0.25) is 0 Å². The molecule has 2 atom stereocenters. The van der Waals surface area contributed by atoms with Crippen LogP contribution in [-0.4, -0.2) is 65.6 Å². The number of nitrogens with one attached hydrogen (secondary N) is 1. The summed E-state index contributed by atoms with van der Waals surface area (Å²) >= 11 is 0. The molecule has 1 rings (SSSR count). The summed E-state index contributed by atoms with van der Waals surface area (Å²) in [6, 6.07) is -1.31. The number of carboxylic acids is 1. The van der Waals surface area contributed by atoms with E-state index in [-0.39, 0.29) is 19.1 Å². The zero-order chi connectivity index (χ0) is 14.4. The molecule has 19 heavy (non-hydrogen) atoms. The number of urea groups is 1. The van der Waals surface area contributed by atoms with Crippen LogP contribution in [0.25, 0.3) is 0 Å². The number of carbonyl (C=O) groups is 2. The van der Waals surface area contributed by atoms with E-state index in [0.717, 1.165) is 0 Å². The minimum Gasteiger partial charge on any atom is -0.480 e. The molecule has 110 valence electrons. The summed E-state index contributed by atoms with van der Waals surface area (Å²) in [6.07, 6.45) is -0.0117. The molecule has 7 heteroatoms. The maximum absolute atomic E-state index is 12.0. The van der Waals surface area contributed by atoms with Gasteiger partial charge in [0.05, 0.1) is 25.9 Å². The van der Waals surface area contributed by atoms with Gasteiger partial charge in [-0.1, -0.05) is 13.8 Å². The molecule has 0 spiro atoms. The van der Waals surface area contributed by atoms with Crippen LogP contribution in [-0.2, 0) is 9.53 Å². The molecule has 0 bridgehead atoms. The van der Waals surface area contributed by atoms with Gasteiger partial charge in [-0.05, 0) is 12.3 Å². The largest absolute Gasteiger partial charge is 0.480 e. The summed E-state index contributed by atoms with van der Waals surface area (Å²) in [7, 11) is 0. The number of aliphatic hydroxyl groups excluding tert-OH is 1. The van der Waals surface area contributed by atoms with E-state index in [1.807, 2.05) is 13.8 Å². The lowest BCUT2D eigenvalue weighted by Gasteiger charge is -2.33. The van der Waals surface area contributed by atoms with Gasteiger partial charge in [-0.2, -0.15) is 0 Å². The molecule has 2 amide bonds. The molecule has 7 nitrogen and oxygen atoms in total. The standard InChI is InChI=1S/C12H22N2O5/c1-8(2)5-10(11(16)17)13-12(18)14-3-4-19-9(6-14)7-15/h8-10,15H,3-7H2,1-2H3,(H,13,18)(H,16,17). The highest BCUT2D eigenvalue weighted by Crippen LogP contribution is 2.08. The van der Waals surface area contributed by atoms with Gasteiger partial charge in [0.1, 0.15) is 6.04 Å². The first kappa shape index (κ1) is 15.7. The van der Waals surface area contributed by atoms with Gasteiger partial charge in [0.25, 0.3) is 0 Å². The predicted molar refractivity (Wildman–Crippen MR) is 67.8 cm³/mol. The van der Waals surface area contributed by atoms with Gasteiger partial charge >= 0.3 is 12.0 Å². The van der Waals surface area contributed by atoms with E-state index in [4.69, 9.17) is 14.9 Å². The lowest BCUT2D eigenvalue weighted by Crippen LogP contribution is -2.54. The maximum atomic E-state index is 12.0. The number of hydrogen-bond donors (Lipinski definition) is 3. The van der Waals surface area contributed by atoms with Crippen molar-refractivity contribution in [1.29, 1.82) is 0 Å². The molecule has 0 aromatic rings. The van der Waals surface area contributed by atoms with Gasteiger partial charge < -0.3 is 25.2 Å². The second-order valence-corrected chi connectivity index (χ2v) is 5.09. The van der Waals surface area contributed by atoms with E-state index in [0.29, 0.717) is 19.6 Å². The first-order chi connectivity index (χ1) is 8.93. The van der Waals surface area contributed by atoms with E-state index in [1.54, 1.807) is 0 Å². The second-order valence-electron chi connectivity index (χ2n) is 5.09. The minimum atomic E-state index is -1.03. The summed E-state index contributed by atoms with van der Waals surface area (Å²) in [5.74, 6) is -0.856. The number of nitrogens with zero attached hydrogens (tertiary/aromatic N) is 1. The van der Waals surface area contributed by atoms with Crippen LogP contribution in [0.2, 0.25) is 0 Å². The monoisotopic (exact) mass is 274 g/mol. The number of carbonyl (C=O) groups excluding carboxylic acids is 1. The number of rotatable bonds is 5. The molecule has 0 saturated carbocycles. The van der Waals surface area contributed by atoms with Crippen molar-refractivity contribution < 1.29 is 24.5 Å². The van der Waals surface area contributed by atoms with Crippen molar-refractivity contribution in [3.63, 3.8) is 0 Å². The first-order valence-corrected chi connectivity index (χ1v) is 6.44. The molecule has 1 fully saturated rings. The molecule has 3 N–H and O–H groups in total. The number of aliphatic carboxylic acids is 1. The van der Waals surface area contributed by atoms with Crippen LogP contribution in [0.5, 0.6) is 0 Å². The van der Waals surface area contributed by atoms with E-state index < -0.39 is 24.1 Å². The average Bonchev–Trinajstić information content (AvgIpc) is 2.37. The Hall–Kier alpha value is -1.34. The molecule has 0 aromatic heterocycles. The highest BCUT2D eigenvalue weighted by atomic mass is 16.5. The Morgan fingerprint density at radius 3 is 2.68 bits per heavy atom. The zero-order valence-electron chi connectivity index (χ0n) is 11.3. The molecule has 2 unspecified atom stereocenters. The second kappa shape index (κ2) is 7.30. The lowest BCUT2D eigenvalue weighted by atomic mass is 10.0. The average molecular weight is 274 g/mol. The lowest BCUT2D eigenvalue weighted by molar-refractivity contribution is -0.139. The molecule has 0 aliphatic carbocycles. The molecule has 0 aromatic carbocycles. The Labute approximate surface area is 112 Å². The Bertz CT molecular complexity index is 321. The van der Waals surface area contributed by atoms with E-state index in [1.165, 1.54) is 4.90 Å². The molecular weight excluding hydrogens is 252 g/mol. The molecular formula is C12H22N2O5. The molecule has 1 heterocycles. The van der Waals surface area contributed by atoms with Gasteiger partial charge in [-0.25, -0.2) is 9.59 Å². The highest BCUT2D eigenvalue weighted by Gasteiger charge is 2.27. The Kier molecular flexibility index (Phi) is 6.04. The first-order valence-electron chi connectivity index (χ1n) is 6.44. The van der Waals surface area contributed by atoms with E-state index in [2.05, 4.69) is 5.32 Å². The summed E-state index contributed by atoms with van der Waals surface area (Å²) < 4.78 is 5.24. The van der Waals surface area contributed by atoms with Crippen molar-refractivity contribution in [3.05, 3.63) is 0 Å². The van der Waals surface area contributed by atoms with Gasteiger partial charge in [0, 0.05) is 6.54 Å². The molecule has 0 radical (unpaired) electrons.